The second kappa shape index (κ2) is 5.45. The number of ether oxygens (including phenoxy) is 1. The van der Waals surface area contributed by atoms with Gasteiger partial charge in [-0.3, -0.25) is 9.59 Å². The van der Waals surface area contributed by atoms with E-state index in [1.807, 2.05) is 0 Å². The lowest BCUT2D eigenvalue weighted by atomic mass is 10.2. The average Bonchev–Trinajstić information content (AvgIpc) is 1.99. The van der Waals surface area contributed by atoms with Crippen LogP contribution in [0.2, 0.25) is 0 Å². The number of aliphatic carboxylic acids is 1. The predicted octanol–water partition coefficient (Wildman–Crippen LogP) is -0.452. The van der Waals surface area contributed by atoms with Gasteiger partial charge in [0.15, 0.2) is 6.10 Å². The molecule has 0 aliphatic carbocycles. The molecular formula is C9H17N2O5+. The Morgan fingerprint density at radius 3 is 2.19 bits per heavy atom. The fourth-order valence-corrected chi connectivity index (χ4v) is 1.17. The summed E-state index contributed by atoms with van der Waals surface area (Å²) in [4.78, 5) is 32.3. The van der Waals surface area contributed by atoms with Gasteiger partial charge in [-0.2, -0.15) is 0 Å². The third-order valence-corrected chi connectivity index (χ3v) is 1.99. The summed E-state index contributed by atoms with van der Waals surface area (Å²) in [5.41, 5.74) is 5.13. The molecule has 0 aromatic heterocycles. The van der Waals surface area contributed by atoms with E-state index in [-0.39, 0.29) is 17.4 Å². The smallest absolute Gasteiger partial charge is 0.413 e. The number of esters is 1. The fourth-order valence-electron chi connectivity index (χ4n) is 1.17. The van der Waals surface area contributed by atoms with Gasteiger partial charge in [0.05, 0.1) is 20.5 Å². The fraction of sp³-hybridized carbons (Fsp3) is 0.667. The van der Waals surface area contributed by atoms with E-state index in [1.54, 1.807) is 0 Å². The summed E-state index contributed by atoms with van der Waals surface area (Å²) in [6.45, 7) is 1.21. The molecule has 2 amide bonds. The highest BCUT2D eigenvalue weighted by atomic mass is 16.5. The summed E-state index contributed by atoms with van der Waals surface area (Å²) in [6, 6.07) is -0.623. The average molecular weight is 233 g/mol. The van der Waals surface area contributed by atoms with Crippen molar-refractivity contribution in [3.63, 3.8) is 0 Å². The Kier molecular flexibility index (Phi) is 4.90. The molecule has 1 unspecified atom stereocenters. The first-order valence-corrected chi connectivity index (χ1v) is 4.67. The Labute approximate surface area is 93.4 Å². The molecule has 0 rings (SSSR count). The molecule has 7 nitrogen and oxygen atoms in total. The maximum absolute atomic E-state index is 11.0. The van der Waals surface area contributed by atoms with Gasteiger partial charge in [-0.15, -0.1) is 0 Å². The maximum atomic E-state index is 11.0. The van der Waals surface area contributed by atoms with Crippen LogP contribution in [-0.2, 0) is 14.3 Å². The van der Waals surface area contributed by atoms with E-state index in [4.69, 9.17) is 15.6 Å². The molecule has 0 bridgehead atoms. The van der Waals surface area contributed by atoms with E-state index in [1.165, 1.54) is 21.0 Å². The number of rotatable bonds is 5. The second-order valence-corrected chi connectivity index (χ2v) is 4.04. The van der Waals surface area contributed by atoms with Gasteiger partial charge in [-0.05, 0) is 0 Å². The first-order chi connectivity index (χ1) is 7.15. The summed E-state index contributed by atoms with van der Waals surface area (Å²) < 4.78 is 4.56. The molecule has 0 aromatic rings. The van der Waals surface area contributed by atoms with Gasteiger partial charge in [-0.1, -0.05) is 0 Å². The minimum atomic E-state index is -1.10. The van der Waals surface area contributed by atoms with Crippen molar-refractivity contribution in [2.45, 2.75) is 19.4 Å². The van der Waals surface area contributed by atoms with Crippen LogP contribution in [0.3, 0.4) is 0 Å². The van der Waals surface area contributed by atoms with Gasteiger partial charge in [0.2, 0.25) is 0 Å². The van der Waals surface area contributed by atoms with E-state index in [9.17, 15) is 14.4 Å². The number of carboxylic acids is 1. The standard InChI is InChI=1S/C9H16N2O5/c1-6(12)16-7(4-8(13)14)5-11(2,3)9(10)15/h7H,4-5H2,1-3H3,(H2-,10,13,14,15)/p+1. The van der Waals surface area contributed by atoms with Crippen LogP contribution in [-0.4, -0.2) is 54.3 Å². The summed E-state index contributed by atoms with van der Waals surface area (Å²) in [6.07, 6.45) is -1.22. The monoisotopic (exact) mass is 233 g/mol. The number of hydrogen-bond donors (Lipinski definition) is 2. The SMILES string of the molecule is CC(=O)OC(CC(=O)O)C[N+](C)(C)C(N)=O. The third kappa shape index (κ3) is 5.30. The van der Waals surface area contributed by atoms with Crippen molar-refractivity contribution in [2.24, 2.45) is 5.73 Å². The minimum absolute atomic E-state index is 0.0290. The van der Waals surface area contributed by atoms with Gasteiger partial charge in [0.1, 0.15) is 6.54 Å². The Hall–Kier alpha value is -1.63. The molecule has 0 heterocycles. The van der Waals surface area contributed by atoms with Gasteiger partial charge < -0.3 is 15.6 Å². The summed E-state index contributed by atoms with van der Waals surface area (Å²) in [5.74, 6) is -1.69. The van der Waals surface area contributed by atoms with Crippen LogP contribution in [0.15, 0.2) is 0 Å². The van der Waals surface area contributed by atoms with Crippen LogP contribution >= 0.6 is 0 Å². The molecule has 0 aliphatic heterocycles. The highest BCUT2D eigenvalue weighted by molar-refractivity contribution is 5.70. The van der Waals surface area contributed by atoms with Crippen LogP contribution in [0.4, 0.5) is 4.79 Å². The van der Waals surface area contributed by atoms with Crippen LogP contribution in [0.25, 0.3) is 0 Å². The van der Waals surface area contributed by atoms with Crippen LogP contribution in [0.1, 0.15) is 13.3 Å². The molecule has 0 aromatic carbocycles. The Morgan fingerprint density at radius 2 is 1.88 bits per heavy atom. The lowest BCUT2D eigenvalue weighted by molar-refractivity contribution is -0.811. The molecule has 1 atom stereocenters. The number of primary amides is 1. The molecule has 0 spiro atoms. The minimum Gasteiger partial charge on any atom is -0.481 e. The zero-order valence-corrected chi connectivity index (χ0v) is 9.60. The number of nitrogens with two attached hydrogens (primary N) is 1. The van der Waals surface area contributed by atoms with E-state index in [2.05, 4.69) is 0 Å². The van der Waals surface area contributed by atoms with Gasteiger partial charge in [0.25, 0.3) is 0 Å². The summed E-state index contributed by atoms with van der Waals surface area (Å²) in [5, 5.41) is 8.62. The zero-order valence-electron chi connectivity index (χ0n) is 9.60. The number of carbonyl (C=O) groups is 3. The van der Waals surface area contributed by atoms with Gasteiger partial charge in [-0.25, -0.2) is 9.28 Å². The normalized spacial score (nSPS) is 12.9. The number of carbonyl (C=O) groups excluding carboxylic acids is 2. The van der Waals surface area contributed by atoms with Crippen molar-refractivity contribution < 1.29 is 28.7 Å². The molecular weight excluding hydrogens is 216 g/mol. The molecule has 0 aliphatic rings. The number of urea groups is 1. The molecule has 0 saturated carbocycles. The van der Waals surface area contributed by atoms with Crippen LogP contribution in [0.5, 0.6) is 0 Å². The lowest BCUT2D eigenvalue weighted by Gasteiger charge is -2.27. The lowest BCUT2D eigenvalue weighted by Crippen LogP contribution is -2.53. The highest BCUT2D eigenvalue weighted by Gasteiger charge is 2.30. The topological polar surface area (TPSA) is 107 Å². The number of hydrogen-bond acceptors (Lipinski definition) is 4. The molecule has 16 heavy (non-hydrogen) atoms. The zero-order chi connectivity index (χ0) is 12.9. The van der Waals surface area contributed by atoms with Crippen molar-refractivity contribution >= 4 is 18.0 Å². The first kappa shape index (κ1) is 14.4. The van der Waals surface area contributed by atoms with E-state index < -0.39 is 24.1 Å². The number of carboxylic acid groups (broad SMARTS) is 1. The highest BCUT2D eigenvalue weighted by Crippen LogP contribution is 2.07. The molecule has 0 fully saturated rings. The van der Waals surface area contributed by atoms with E-state index in [0.717, 1.165) is 0 Å². The maximum Gasteiger partial charge on any atom is 0.413 e. The van der Waals surface area contributed by atoms with E-state index in [0.29, 0.717) is 0 Å². The molecule has 92 valence electrons. The number of quaternary nitrogens is 1. The van der Waals surface area contributed by atoms with Crippen LogP contribution in [0, 0.1) is 0 Å². The molecule has 0 radical (unpaired) electrons. The first-order valence-electron chi connectivity index (χ1n) is 4.67. The van der Waals surface area contributed by atoms with E-state index >= 15 is 0 Å². The van der Waals surface area contributed by atoms with Gasteiger partial charge >= 0.3 is 18.0 Å². The largest absolute Gasteiger partial charge is 0.481 e. The Bertz CT molecular complexity index is 284. The quantitative estimate of drug-likeness (QED) is 0.494. The number of likely N-dealkylation sites (N-methyl/N-ethyl adjacent to an activating group) is 1. The van der Waals surface area contributed by atoms with Crippen molar-refractivity contribution in [1.82, 2.24) is 0 Å². The third-order valence-electron chi connectivity index (χ3n) is 1.99. The summed E-state index contributed by atoms with van der Waals surface area (Å²) in [7, 11) is 3.03. The van der Waals surface area contributed by atoms with Crippen LogP contribution < -0.4 is 5.73 Å². The van der Waals surface area contributed by atoms with Crippen molar-refractivity contribution in [2.75, 3.05) is 20.6 Å². The van der Waals surface area contributed by atoms with Crippen molar-refractivity contribution in [1.29, 1.82) is 0 Å². The molecule has 3 N–H and O–H groups in total. The predicted molar refractivity (Wildman–Crippen MR) is 54.4 cm³/mol. The van der Waals surface area contributed by atoms with Crippen molar-refractivity contribution in [3.8, 4) is 0 Å². The second-order valence-electron chi connectivity index (χ2n) is 4.04. The number of nitrogens with zero attached hydrogens (tertiary/aromatic N) is 1. The molecule has 7 heteroatoms. The number of amides is 2. The Balaban J connectivity index is 4.59. The molecule has 0 saturated heterocycles. The van der Waals surface area contributed by atoms with Crippen molar-refractivity contribution in [3.05, 3.63) is 0 Å². The van der Waals surface area contributed by atoms with Gasteiger partial charge in [0, 0.05) is 6.92 Å². The Morgan fingerprint density at radius 1 is 1.38 bits per heavy atom. The summed E-state index contributed by atoms with van der Waals surface area (Å²) >= 11 is 0.